The van der Waals surface area contributed by atoms with Crippen LogP contribution < -0.4 is 5.73 Å². The molecule has 0 aromatic heterocycles. The van der Waals surface area contributed by atoms with Crippen LogP contribution >= 0.6 is 0 Å². The van der Waals surface area contributed by atoms with E-state index in [1.807, 2.05) is 0 Å². The Balaban J connectivity index is 2.35. The first-order valence-corrected chi connectivity index (χ1v) is 4.51. The Hall–Kier alpha value is -1.72. The average Bonchev–Trinajstić information content (AvgIpc) is 2.65. The molecular weight excluding hydrogens is 202 g/mol. The first-order chi connectivity index (χ1) is 7.06. The van der Waals surface area contributed by atoms with Gasteiger partial charge in [0.1, 0.15) is 11.7 Å². The Labute approximate surface area is 86.0 Å². The number of hydrogen-bond acceptors (Lipinski definition) is 6. The van der Waals surface area contributed by atoms with Crippen molar-refractivity contribution in [3.8, 4) is 0 Å². The molecule has 0 radical (unpaired) electrons. The van der Waals surface area contributed by atoms with Gasteiger partial charge in [-0.25, -0.2) is 9.59 Å². The fraction of sp³-hybridized carbons (Fsp3) is 0.556. The molecule has 15 heavy (non-hydrogen) atoms. The maximum absolute atomic E-state index is 11.4. The lowest BCUT2D eigenvalue weighted by Gasteiger charge is -2.10. The minimum atomic E-state index is -0.797. The molecule has 0 unspecified atom stereocenters. The highest BCUT2D eigenvalue weighted by Crippen LogP contribution is 2.38. The zero-order chi connectivity index (χ0) is 11.2. The number of ether oxygens (including phenoxy) is 3. The smallest absolute Gasteiger partial charge is 0.348 e. The topological polar surface area (TPSA) is 87.9 Å². The second-order valence-corrected chi connectivity index (χ2v) is 3.48. The van der Waals surface area contributed by atoms with Gasteiger partial charge < -0.3 is 19.9 Å². The van der Waals surface area contributed by atoms with E-state index in [-0.39, 0.29) is 11.5 Å². The summed E-state index contributed by atoms with van der Waals surface area (Å²) in [7, 11) is 1.25. The minimum Gasteiger partial charge on any atom is -0.465 e. The zero-order valence-electron chi connectivity index (χ0n) is 8.35. The standard InChI is InChI=1S/C9H11NO5/c1-3-4-5(8(11)13-2)7(10)15-6(4)9(12)14-3/h3-4,6H,10H2,1-2H3/t3-,4-,6+/m1/s1. The lowest BCUT2D eigenvalue weighted by Crippen LogP contribution is -2.25. The van der Waals surface area contributed by atoms with Crippen LogP contribution in [-0.2, 0) is 23.8 Å². The molecule has 2 rings (SSSR count). The molecule has 0 amide bonds. The first kappa shape index (κ1) is 9.82. The highest BCUT2D eigenvalue weighted by molar-refractivity contribution is 5.93. The number of cyclic esters (lactones) is 1. The van der Waals surface area contributed by atoms with E-state index >= 15 is 0 Å². The van der Waals surface area contributed by atoms with Crippen molar-refractivity contribution in [1.29, 1.82) is 0 Å². The fourth-order valence-electron chi connectivity index (χ4n) is 1.94. The summed E-state index contributed by atoms with van der Waals surface area (Å²) in [5.41, 5.74) is 5.71. The molecular formula is C9H11NO5. The van der Waals surface area contributed by atoms with E-state index < -0.39 is 30.1 Å². The number of nitrogens with two attached hydrogens (primary N) is 1. The van der Waals surface area contributed by atoms with Crippen LogP contribution in [0.4, 0.5) is 0 Å². The highest BCUT2D eigenvalue weighted by atomic mass is 16.6. The van der Waals surface area contributed by atoms with Crippen molar-refractivity contribution in [2.24, 2.45) is 11.7 Å². The van der Waals surface area contributed by atoms with Crippen LogP contribution in [0.2, 0.25) is 0 Å². The number of rotatable bonds is 1. The van der Waals surface area contributed by atoms with Gasteiger partial charge in [-0.2, -0.15) is 0 Å². The third kappa shape index (κ3) is 1.25. The van der Waals surface area contributed by atoms with Gasteiger partial charge in [0.05, 0.1) is 13.0 Å². The van der Waals surface area contributed by atoms with E-state index in [1.54, 1.807) is 6.92 Å². The second-order valence-electron chi connectivity index (χ2n) is 3.48. The number of hydrogen-bond donors (Lipinski definition) is 1. The van der Waals surface area contributed by atoms with Gasteiger partial charge in [-0.3, -0.25) is 0 Å². The van der Waals surface area contributed by atoms with Crippen molar-refractivity contribution >= 4 is 11.9 Å². The third-order valence-corrected chi connectivity index (χ3v) is 2.62. The van der Waals surface area contributed by atoms with Gasteiger partial charge in [0, 0.05) is 0 Å². The van der Waals surface area contributed by atoms with Crippen LogP contribution in [0, 0.1) is 5.92 Å². The molecule has 1 fully saturated rings. The SMILES string of the molecule is COC(=O)C1=C(N)O[C@@H]2C(=O)O[C@H](C)[C@H]12. The lowest BCUT2D eigenvalue weighted by atomic mass is 9.93. The predicted molar refractivity (Wildman–Crippen MR) is 47.1 cm³/mol. The Bertz CT molecular complexity index is 362. The van der Waals surface area contributed by atoms with E-state index in [1.165, 1.54) is 7.11 Å². The van der Waals surface area contributed by atoms with Crippen molar-refractivity contribution in [2.75, 3.05) is 7.11 Å². The molecule has 2 aliphatic heterocycles. The van der Waals surface area contributed by atoms with Crippen LogP contribution in [0.25, 0.3) is 0 Å². The zero-order valence-corrected chi connectivity index (χ0v) is 8.35. The van der Waals surface area contributed by atoms with Crippen LogP contribution in [-0.4, -0.2) is 31.3 Å². The maximum atomic E-state index is 11.4. The number of fused-ring (bicyclic) bond motifs is 1. The molecule has 6 heteroatoms. The van der Waals surface area contributed by atoms with E-state index in [9.17, 15) is 9.59 Å². The predicted octanol–water partition coefficient (Wildman–Crippen LogP) is -0.710. The van der Waals surface area contributed by atoms with E-state index in [2.05, 4.69) is 4.74 Å². The summed E-state index contributed by atoms with van der Waals surface area (Å²) in [6.45, 7) is 1.69. The van der Waals surface area contributed by atoms with Gasteiger partial charge in [0.15, 0.2) is 5.88 Å². The molecule has 2 N–H and O–H groups in total. The summed E-state index contributed by atoms with van der Waals surface area (Å²) in [6, 6.07) is 0. The summed E-state index contributed by atoms with van der Waals surface area (Å²) in [5.74, 6) is -1.56. The Kier molecular flexibility index (Phi) is 2.06. The molecule has 0 aliphatic carbocycles. The van der Waals surface area contributed by atoms with Crippen LogP contribution in [0.15, 0.2) is 11.5 Å². The molecule has 6 nitrogen and oxygen atoms in total. The average molecular weight is 213 g/mol. The molecule has 0 spiro atoms. The fourth-order valence-corrected chi connectivity index (χ4v) is 1.94. The minimum absolute atomic E-state index is 0.0413. The normalized spacial score (nSPS) is 33.5. The monoisotopic (exact) mass is 213 g/mol. The van der Waals surface area contributed by atoms with Crippen molar-refractivity contribution in [1.82, 2.24) is 0 Å². The van der Waals surface area contributed by atoms with Gasteiger partial charge in [-0.05, 0) is 6.92 Å². The summed E-state index contributed by atoms with van der Waals surface area (Å²) in [4.78, 5) is 22.7. The number of carbonyl (C=O) groups is 2. The summed E-state index contributed by atoms with van der Waals surface area (Å²) >= 11 is 0. The third-order valence-electron chi connectivity index (χ3n) is 2.62. The number of esters is 2. The van der Waals surface area contributed by atoms with Crippen molar-refractivity contribution in [2.45, 2.75) is 19.1 Å². The quantitative estimate of drug-likeness (QED) is 0.579. The molecule has 2 heterocycles. The second kappa shape index (κ2) is 3.15. The number of methoxy groups -OCH3 is 1. The largest absolute Gasteiger partial charge is 0.465 e. The van der Waals surface area contributed by atoms with E-state index in [0.29, 0.717) is 0 Å². The molecule has 2 aliphatic rings. The molecule has 0 bridgehead atoms. The highest BCUT2D eigenvalue weighted by Gasteiger charge is 2.53. The van der Waals surface area contributed by atoms with Gasteiger partial charge in [-0.15, -0.1) is 0 Å². The lowest BCUT2D eigenvalue weighted by molar-refractivity contribution is -0.147. The van der Waals surface area contributed by atoms with E-state index in [0.717, 1.165) is 0 Å². The molecule has 1 saturated heterocycles. The van der Waals surface area contributed by atoms with Crippen LogP contribution in [0.5, 0.6) is 0 Å². The summed E-state index contributed by atoms with van der Waals surface area (Å²) in [6.07, 6.45) is -1.22. The van der Waals surface area contributed by atoms with Crippen LogP contribution in [0.1, 0.15) is 6.92 Å². The van der Waals surface area contributed by atoms with Crippen molar-refractivity contribution in [3.63, 3.8) is 0 Å². The molecule has 82 valence electrons. The van der Waals surface area contributed by atoms with Crippen molar-refractivity contribution < 1.29 is 23.8 Å². The Morgan fingerprint density at radius 1 is 1.47 bits per heavy atom. The Morgan fingerprint density at radius 2 is 2.13 bits per heavy atom. The van der Waals surface area contributed by atoms with Crippen LogP contribution in [0.3, 0.4) is 0 Å². The Morgan fingerprint density at radius 3 is 2.73 bits per heavy atom. The summed E-state index contributed by atoms with van der Waals surface area (Å²) in [5, 5.41) is 0. The van der Waals surface area contributed by atoms with Crippen molar-refractivity contribution in [3.05, 3.63) is 11.5 Å². The van der Waals surface area contributed by atoms with Gasteiger partial charge in [0.25, 0.3) is 0 Å². The molecule has 0 aromatic rings. The van der Waals surface area contributed by atoms with Gasteiger partial charge in [-0.1, -0.05) is 0 Å². The van der Waals surface area contributed by atoms with E-state index in [4.69, 9.17) is 15.2 Å². The van der Waals surface area contributed by atoms with Gasteiger partial charge in [0.2, 0.25) is 6.10 Å². The maximum Gasteiger partial charge on any atom is 0.348 e. The first-order valence-electron chi connectivity index (χ1n) is 4.51. The summed E-state index contributed by atoms with van der Waals surface area (Å²) < 4.78 is 14.6. The van der Waals surface area contributed by atoms with Gasteiger partial charge >= 0.3 is 11.9 Å². The molecule has 0 saturated carbocycles. The molecule has 3 atom stereocenters. The molecule has 0 aromatic carbocycles. The number of carbonyl (C=O) groups excluding carboxylic acids is 2.